The van der Waals surface area contributed by atoms with Gasteiger partial charge >= 0.3 is 22.1 Å². The lowest BCUT2D eigenvalue weighted by Crippen LogP contribution is -2.52. The second-order valence-corrected chi connectivity index (χ2v) is 10.2. The first kappa shape index (κ1) is 26.2. The normalized spacial score (nSPS) is 11.4. The van der Waals surface area contributed by atoms with Crippen LogP contribution in [0.3, 0.4) is 0 Å². The Balaban J connectivity index is 2.33. The molecule has 33 heavy (non-hydrogen) atoms. The summed E-state index contributed by atoms with van der Waals surface area (Å²) in [6.07, 6.45) is 2.23. The Bertz CT molecular complexity index is 1180. The summed E-state index contributed by atoms with van der Waals surface area (Å²) in [6.45, 7) is 14.5. The molecule has 0 aliphatic rings. The van der Waals surface area contributed by atoms with Crippen LogP contribution in [-0.4, -0.2) is 43.5 Å². The maximum absolute atomic E-state index is 12.8. The minimum absolute atomic E-state index is 0.0256. The van der Waals surface area contributed by atoms with Crippen molar-refractivity contribution in [2.75, 3.05) is 19.0 Å². The largest absolute Gasteiger partial charge is 0.405 e. The average molecular weight is 496 g/mol. The SMILES string of the molecule is [C-]#[N+]CN(C)C(=O)c1c[n+](S(=O)(=O)NC(=O)Nc2c(C(C)C)cc(Cl)cc2C(C)C)cn1C. The maximum atomic E-state index is 12.8. The average Bonchev–Trinajstić information content (AvgIpc) is 3.10. The molecule has 178 valence electrons. The van der Waals surface area contributed by atoms with Gasteiger partial charge in [-0.25, -0.2) is 15.9 Å². The molecule has 0 saturated carbocycles. The van der Waals surface area contributed by atoms with Crippen molar-refractivity contribution < 1.29 is 22.0 Å². The van der Waals surface area contributed by atoms with Crippen LogP contribution in [0.4, 0.5) is 10.5 Å². The van der Waals surface area contributed by atoms with E-state index < -0.39 is 22.1 Å². The van der Waals surface area contributed by atoms with Crippen molar-refractivity contribution in [2.24, 2.45) is 7.05 Å². The highest BCUT2D eigenvalue weighted by Gasteiger charge is 2.30. The molecule has 3 amide bonds. The highest BCUT2D eigenvalue weighted by molar-refractivity contribution is 7.83. The second kappa shape index (κ2) is 10.2. The number of imidazole rings is 1. The van der Waals surface area contributed by atoms with E-state index in [1.54, 1.807) is 12.1 Å². The number of carbonyl (C=O) groups excluding carboxylic acids is 2. The van der Waals surface area contributed by atoms with Gasteiger partial charge in [0.15, 0.2) is 6.20 Å². The van der Waals surface area contributed by atoms with Crippen LogP contribution in [0.15, 0.2) is 24.7 Å². The first-order valence-electron chi connectivity index (χ1n) is 10.1. The van der Waals surface area contributed by atoms with Gasteiger partial charge in [0.2, 0.25) is 5.69 Å². The van der Waals surface area contributed by atoms with Gasteiger partial charge < -0.3 is 5.32 Å². The summed E-state index contributed by atoms with van der Waals surface area (Å²) in [5.74, 6) is -0.480. The quantitative estimate of drug-likeness (QED) is 0.454. The number of urea groups is 1. The molecule has 0 unspecified atom stereocenters. The zero-order chi connectivity index (χ0) is 25.1. The Hall–Kier alpha value is -3.10. The Kier molecular flexibility index (Phi) is 8.11. The summed E-state index contributed by atoms with van der Waals surface area (Å²) in [5.41, 5.74) is 2.10. The van der Waals surface area contributed by atoms with E-state index in [2.05, 4.69) is 10.2 Å². The molecule has 0 aliphatic carbocycles. The lowest BCUT2D eigenvalue weighted by atomic mass is 9.92. The number of amides is 3. The van der Waals surface area contributed by atoms with Crippen LogP contribution >= 0.6 is 11.6 Å². The second-order valence-electron chi connectivity index (χ2n) is 8.20. The molecule has 0 spiro atoms. The van der Waals surface area contributed by atoms with E-state index in [1.807, 2.05) is 32.4 Å². The van der Waals surface area contributed by atoms with E-state index in [9.17, 15) is 18.0 Å². The van der Waals surface area contributed by atoms with E-state index in [-0.39, 0.29) is 24.2 Å². The van der Waals surface area contributed by atoms with Crippen molar-refractivity contribution in [3.63, 3.8) is 0 Å². The fraction of sp³-hybridized carbons (Fsp3) is 0.429. The molecule has 0 radical (unpaired) electrons. The molecule has 0 saturated heterocycles. The minimum atomic E-state index is -4.35. The van der Waals surface area contributed by atoms with Gasteiger partial charge in [0.1, 0.15) is 0 Å². The first-order valence-corrected chi connectivity index (χ1v) is 11.9. The molecule has 12 heteroatoms. The summed E-state index contributed by atoms with van der Waals surface area (Å²) >= 11 is 6.24. The van der Waals surface area contributed by atoms with Crippen LogP contribution in [0.25, 0.3) is 4.85 Å². The number of benzene rings is 1. The highest BCUT2D eigenvalue weighted by Crippen LogP contribution is 2.35. The topological polar surface area (TPSA) is 109 Å². The van der Waals surface area contributed by atoms with Gasteiger partial charge in [-0.05, 0) is 35.1 Å². The fourth-order valence-corrected chi connectivity index (χ4v) is 4.32. The van der Waals surface area contributed by atoms with Crippen molar-refractivity contribution in [3.8, 4) is 0 Å². The van der Waals surface area contributed by atoms with Gasteiger partial charge in [-0.15, -0.1) is 3.97 Å². The van der Waals surface area contributed by atoms with Crippen molar-refractivity contribution in [1.29, 1.82) is 0 Å². The predicted octanol–water partition coefficient (Wildman–Crippen LogP) is 3.08. The van der Waals surface area contributed by atoms with Gasteiger partial charge in [0.05, 0.1) is 7.05 Å². The van der Waals surface area contributed by atoms with E-state index in [0.29, 0.717) is 10.7 Å². The molecule has 1 heterocycles. The van der Waals surface area contributed by atoms with Gasteiger partial charge in [0.25, 0.3) is 13.0 Å². The van der Waals surface area contributed by atoms with Gasteiger partial charge in [-0.1, -0.05) is 39.3 Å². The molecule has 0 aliphatic heterocycles. The number of hydrogen-bond donors (Lipinski definition) is 2. The number of rotatable bonds is 7. The molecular weight excluding hydrogens is 468 g/mol. The van der Waals surface area contributed by atoms with Crippen LogP contribution in [-0.2, 0) is 17.3 Å². The first-order chi connectivity index (χ1) is 15.3. The van der Waals surface area contributed by atoms with E-state index in [1.165, 1.54) is 18.7 Å². The van der Waals surface area contributed by atoms with E-state index >= 15 is 0 Å². The molecule has 2 aromatic rings. The predicted molar refractivity (Wildman–Crippen MR) is 125 cm³/mol. The van der Waals surface area contributed by atoms with Crippen molar-refractivity contribution >= 4 is 39.4 Å². The molecule has 0 fully saturated rings. The maximum Gasteiger partial charge on any atom is 0.405 e. The zero-order valence-electron chi connectivity index (χ0n) is 19.4. The number of nitrogens with zero attached hydrogens (tertiary/aromatic N) is 4. The molecule has 2 rings (SSSR count). The standard InChI is InChI=1S/C21H27ClN6O4S/c1-13(2)16-8-15(22)9-17(14(3)4)19(16)24-21(30)25-33(31,32)28-10-18(27(7)12-28)20(29)26(6)11-23-5/h8-10,12-14H,11H2,1-4,6-7H3,(H-,24,25,30)/p+1. The van der Waals surface area contributed by atoms with Crippen LogP contribution in [0, 0.1) is 6.57 Å². The molecule has 1 aromatic heterocycles. The lowest BCUT2D eigenvalue weighted by molar-refractivity contribution is -0.511. The Morgan fingerprint density at radius 1 is 1.21 bits per heavy atom. The molecule has 1 aromatic carbocycles. The van der Waals surface area contributed by atoms with Gasteiger partial charge in [0, 0.05) is 17.8 Å². The molecule has 0 bridgehead atoms. The summed E-state index contributed by atoms with van der Waals surface area (Å²) in [5, 5.41) is 3.19. The molecule has 2 N–H and O–H groups in total. The smallest absolute Gasteiger partial charge is 0.306 e. The number of halogens is 1. The van der Waals surface area contributed by atoms with E-state index in [4.69, 9.17) is 18.2 Å². The Morgan fingerprint density at radius 2 is 1.76 bits per heavy atom. The number of aryl methyl sites for hydroxylation is 1. The molecular formula is C21H28ClN6O4S+. The Labute approximate surface area is 199 Å². The molecule has 10 nitrogen and oxygen atoms in total. The zero-order valence-corrected chi connectivity index (χ0v) is 21.0. The minimum Gasteiger partial charge on any atom is -0.306 e. The van der Waals surface area contributed by atoms with Crippen LogP contribution < -0.4 is 14.0 Å². The third-order valence-corrected chi connectivity index (χ3v) is 6.33. The van der Waals surface area contributed by atoms with Gasteiger partial charge in [-0.2, -0.15) is 13.1 Å². The van der Waals surface area contributed by atoms with Crippen LogP contribution in [0.2, 0.25) is 5.02 Å². The number of hydrogen-bond acceptors (Lipinski definition) is 4. The monoisotopic (exact) mass is 495 g/mol. The summed E-state index contributed by atoms with van der Waals surface area (Å²) < 4.78 is 29.6. The Morgan fingerprint density at radius 3 is 2.24 bits per heavy atom. The number of aromatic nitrogens is 2. The van der Waals surface area contributed by atoms with Crippen molar-refractivity contribution in [3.05, 3.63) is 57.9 Å². The van der Waals surface area contributed by atoms with Crippen LogP contribution in [0.5, 0.6) is 0 Å². The van der Waals surface area contributed by atoms with Crippen molar-refractivity contribution in [2.45, 2.75) is 39.5 Å². The summed E-state index contributed by atoms with van der Waals surface area (Å²) in [4.78, 5) is 29.4. The number of nitrogens with one attached hydrogen (secondary N) is 2. The number of carbonyl (C=O) groups is 2. The lowest BCUT2D eigenvalue weighted by Gasteiger charge is -2.20. The van der Waals surface area contributed by atoms with E-state index in [0.717, 1.165) is 32.5 Å². The summed E-state index contributed by atoms with van der Waals surface area (Å²) in [6, 6.07) is 2.53. The third-order valence-electron chi connectivity index (χ3n) is 4.91. The molecule has 0 atom stereocenters. The third kappa shape index (κ3) is 6.03. The highest BCUT2D eigenvalue weighted by atomic mass is 35.5. The summed E-state index contributed by atoms with van der Waals surface area (Å²) in [7, 11) is -1.43. The van der Waals surface area contributed by atoms with Crippen LogP contribution in [0.1, 0.15) is 61.1 Å². The fourth-order valence-electron chi connectivity index (χ4n) is 3.19. The van der Waals surface area contributed by atoms with Gasteiger partial charge in [-0.3, -0.25) is 14.5 Å². The van der Waals surface area contributed by atoms with Crippen molar-refractivity contribution in [1.82, 2.24) is 14.2 Å². The number of anilines is 1.